The summed E-state index contributed by atoms with van der Waals surface area (Å²) in [5.74, 6) is 0.180. The number of hydrogen-bond donors (Lipinski definition) is 2. The fraction of sp³-hybridized carbons (Fsp3) is 0.500. The third kappa shape index (κ3) is 2.55. The predicted molar refractivity (Wildman–Crippen MR) is 59.2 cm³/mol. The van der Waals surface area contributed by atoms with Crippen LogP contribution in [0.4, 0.5) is 4.39 Å². The summed E-state index contributed by atoms with van der Waals surface area (Å²) in [5, 5.41) is 3.33. The van der Waals surface area contributed by atoms with Crippen LogP contribution in [-0.2, 0) is 0 Å². The van der Waals surface area contributed by atoms with Crippen LogP contribution in [0.25, 0.3) is 0 Å². The highest BCUT2D eigenvalue weighted by molar-refractivity contribution is 5.22. The molecule has 0 aliphatic carbocycles. The van der Waals surface area contributed by atoms with E-state index in [1.807, 2.05) is 12.1 Å². The summed E-state index contributed by atoms with van der Waals surface area (Å²) in [6.45, 7) is 1.98. The molecule has 1 aliphatic heterocycles. The van der Waals surface area contributed by atoms with Crippen molar-refractivity contribution < 1.29 is 4.39 Å². The highest BCUT2D eigenvalue weighted by atomic mass is 19.1. The van der Waals surface area contributed by atoms with E-state index >= 15 is 0 Å². The highest BCUT2D eigenvalue weighted by Gasteiger charge is 2.21. The van der Waals surface area contributed by atoms with E-state index in [-0.39, 0.29) is 11.9 Å². The molecule has 3 heteroatoms. The quantitative estimate of drug-likeness (QED) is 0.736. The van der Waals surface area contributed by atoms with Gasteiger partial charge in [0.15, 0.2) is 0 Å². The van der Waals surface area contributed by atoms with Crippen LogP contribution in [0.2, 0.25) is 0 Å². The Labute approximate surface area is 89.7 Å². The summed E-state index contributed by atoms with van der Waals surface area (Å²) in [4.78, 5) is 0. The minimum absolute atomic E-state index is 0.181. The molecule has 2 rings (SSSR count). The van der Waals surface area contributed by atoms with Crippen LogP contribution in [0.1, 0.15) is 24.3 Å². The van der Waals surface area contributed by atoms with Crippen LogP contribution < -0.4 is 11.1 Å². The van der Waals surface area contributed by atoms with Crippen molar-refractivity contribution in [2.75, 3.05) is 13.1 Å². The van der Waals surface area contributed by atoms with Gasteiger partial charge in [0, 0.05) is 12.0 Å². The van der Waals surface area contributed by atoms with Crippen molar-refractivity contribution in [1.29, 1.82) is 0 Å². The van der Waals surface area contributed by atoms with E-state index in [4.69, 9.17) is 5.73 Å². The van der Waals surface area contributed by atoms with Gasteiger partial charge in [0.25, 0.3) is 0 Å². The van der Waals surface area contributed by atoms with Crippen molar-refractivity contribution in [3.8, 4) is 0 Å². The summed E-state index contributed by atoms with van der Waals surface area (Å²) in [7, 11) is 0. The maximum atomic E-state index is 12.8. The largest absolute Gasteiger partial charge is 0.327 e. The van der Waals surface area contributed by atoms with Crippen LogP contribution in [0.15, 0.2) is 24.3 Å². The van der Waals surface area contributed by atoms with Crippen molar-refractivity contribution in [1.82, 2.24) is 5.32 Å². The summed E-state index contributed by atoms with van der Waals surface area (Å²) in [6.07, 6.45) is 2.02. The second-order valence-electron chi connectivity index (χ2n) is 4.15. The lowest BCUT2D eigenvalue weighted by Crippen LogP contribution is -2.28. The Kier molecular flexibility index (Phi) is 3.34. The zero-order valence-electron chi connectivity index (χ0n) is 8.75. The molecule has 3 N–H and O–H groups in total. The Hall–Kier alpha value is -0.930. The summed E-state index contributed by atoms with van der Waals surface area (Å²) in [6, 6.07) is 6.92. The van der Waals surface area contributed by atoms with Gasteiger partial charge in [0.05, 0.1) is 0 Å². The first-order valence-corrected chi connectivity index (χ1v) is 5.49. The highest BCUT2D eigenvalue weighted by Crippen LogP contribution is 2.25. The summed E-state index contributed by atoms with van der Waals surface area (Å²) < 4.78 is 12.8. The Bertz CT molecular complexity index is 310. The van der Waals surface area contributed by atoms with Gasteiger partial charge in [0.1, 0.15) is 5.82 Å². The van der Waals surface area contributed by atoms with Crippen molar-refractivity contribution in [3.05, 3.63) is 35.6 Å². The van der Waals surface area contributed by atoms with Crippen LogP contribution in [0.3, 0.4) is 0 Å². The lowest BCUT2D eigenvalue weighted by Gasteiger charge is -2.21. The lowest BCUT2D eigenvalue weighted by molar-refractivity contribution is 0.517. The molecule has 1 aromatic carbocycles. The minimum atomic E-state index is -0.181. The Balaban J connectivity index is 2.16. The number of hydrogen-bond acceptors (Lipinski definition) is 2. The lowest BCUT2D eigenvalue weighted by atomic mass is 9.88. The van der Waals surface area contributed by atoms with Crippen LogP contribution >= 0.6 is 0 Å². The maximum Gasteiger partial charge on any atom is 0.123 e. The zero-order valence-corrected chi connectivity index (χ0v) is 8.75. The molecular weight excluding hydrogens is 191 g/mol. The van der Waals surface area contributed by atoms with Crippen molar-refractivity contribution in [3.63, 3.8) is 0 Å². The van der Waals surface area contributed by atoms with Gasteiger partial charge in [0.2, 0.25) is 0 Å². The first-order chi connectivity index (χ1) is 7.27. The number of rotatable bonds is 1. The molecule has 0 bridgehead atoms. The molecule has 1 saturated heterocycles. The predicted octanol–water partition coefficient (Wildman–Crippen LogP) is 1.62. The Morgan fingerprint density at radius 3 is 2.53 bits per heavy atom. The van der Waals surface area contributed by atoms with E-state index in [0.717, 1.165) is 31.5 Å². The fourth-order valence-corrected chi connectivity index (χ4v) is 2.19. The van der Waals surface area contributed by atoms with Gasteiger partial charge in [-0.2, -0.15) is 0 Å². The molecule has 0 amide bonds. The van der Waals surface area contributed by atoms with Crippen molar-refractivity contribution in [2.24, 2.45) is 5.73 Å². The first-order valence-electron chi connectivity index (χ1n) is 5.49. The average Bonchev–Trinajstić information content (AvgIpc) is 2.44. The molecule has 2 nitrogen and oxygen atoms in total. The topological polar surface area (TPSA) is 38.0 Å². The number of halogens is 1. The van der Waals surface area contributed by atoms with Gasteiger partial charge >= 0.3 is 0 Å². The van der Waals surface area contributed by atoms with Gasteiger partial charge in [-0.05, 0) is 43.6 Å². The minimum Gasteiger partial charge on any atom is -0.327 e. The van der Waals surface area contributed by atoms with E-state index in [2.05, 4.69) is 5.32 Å². The monoisotopic (exact) mass is 208 g/mol. The molecule has 1 aliphatic rings. The van der Waals surface area contributed by atoms with Crippen LogP contribution in [0.5, 0.6) is 0 Å². The molecule has 0 radical (unpaired) electrons. The van der Waals surface area contributed by atoms with Gasteiger partial charge in [-0.3, -0.25) is 0 Å². The van der Waals surface area contributed by atoms with Gasteiger partial charge in [-0.25, -0.2) is 4.39 Å². The fourth-order valence-electron chi connectivity index (χ4n) is 2.19. The molecule has 0 aromatic heterocycles. The molecule has 1 aromatic rings. The number of nitrogens with one attached hydrogen (secondary N) is 1. The van der Waals surface area contributed by atoms with Crippen LogP contribution in [0, 0.1) is 5.82 Å². The van der Waals surface area contributed by atoms with Gasteiger partial charge in [-0.1, -0.05) is 12.1 Å². The van der Waals surface area contributed by atoms with E-state index in [9.17, 15) is 4.39 Å². The summed E-state index contributed by atoms with van der Waals surface area (Å²) in [5.41, 5.74) is 7.28. The molecule has 0 saturated carbocycles. The average molecular weight is 208 g/mol. The standard InChI is InChI=1S/C12H17FN2/c13-10-3-1-9(2-4-10)11-5-7-15-8-6-12(11)14/h1-4,11-12,15H,5-8,14H2. The molecular formula is C12H17FN2. The molecule has 1 heterocycles. The Morgan fingerprint density at radius 1 is 1.13 bits per heavy atom. The van der Waals surface area contributed by atoms with Crippen LogP contribution in [-0.4, -0.2) is 19.1 Å². The van der Waals surface area contributed by atoms with E-state index in [1.165, 1.54) is 12.1 Å². The van der Waals surface area contributed by atoms with E-state index in [0.29, 0.717) is 5.92 Å². The van der Waals surface area contributed by atoms with Crippen molar-refractivity contribution >= 4 is 0 Å². The smallest absolute Gasteiger partial charge is 0.123 e. The number of benzene rings is 1. The molecule has 2 atom stereocenters. The summed E-state index contributed by atoms with van der Waals surface area (Å²) >= 11 is 0. The Morgan fingerprint density at radius 2 is 1.80 bits per heavy atom. The molecule has 1 fully saturated rings. The van der Waals surface area contributed by atoms with Crippen molar-refractivity contribution in [2.45, 2.75) is 24.8 Å². The molecule has 0 spiro atoms. The van der Waals surface area contributed by atoms with E-state index < -0.39 is 0 Å². The second kappa shape index (κ2) is 4.73. The van der Waals surface area contributed by atoms with Gasteiger partial charge < -0.3 is 11.1 Å². The normalized spacial score (nSPS) is 27.3. The number of nitrogens with two attached hydrogens (primary N) is 1. The third-order valence-corrected chi connectivity index (χ3v) is 3.10. The van der Waals surface area contributed by atoms with Gasteiger partial charge in [-0.15, -0.1) is 0 Å². The molecule has 15 heavy (non-hydrogen) atoms. The molecule has 2 unspecified atom stereocenters. The SMILES string of the molecule is NC1CCNCCC1c1ccc(F)cc1. The second-order valence-corrected chi connectivity index (χ2v) is 4.15. The third-order valence-electron chi connectivity index (χ3n) is 3.10. The first kappa shape index (κ1) is 10.6. The maximum absolute atomic E-state index is 12.8. The van der Waals surface area contributed by atoms with E-state index in [1.54, 1.807) is 0 Å². The molecule has 82 valence electrons. The zero-order chi connectivity index (χ0) is 10.7.